The van der Waals surface area contributed by atoms with E-state index in [0.29, 0.717) is 24.1 Å². The molecule has 0 aliphatic carbocycles. The average Bonchev–Trinajstić information content (AvgIpc) is 3.11. The summed E-state index contributed by atoms with van der Waals surface area (Å²) < 4.78 is 0. The number of carbonyl (C=O) groups is 3. The minimum Gasteiger partial charge on any atom is -0.479 e. The molecule has 0 radical (unpaired) electrons. The third-order valence-corrected chi connectivity index (χ3v) is 5.25. The second kappa shape index (κ2) is 8.25. The number of carboxylic acid groups (broad SMARTS) is 1. The molecule has 2 aromatic carbocycles. The Morgan fingerprint density at radius 1 is 1.11 bits per heavy atom. The monoisotopic (exact) mass is 380 g/mol. The molecule has 28 heavy (non-hydrogen) atoms. The Labute approximate surface area is 164 Å². The van der Waals surface area contributed by atoms with Gasteiger partial charge in [0, 0.05) is 25.1 Å². The van der Waals surface area contributed by atoms with Gasteiger partial charge in [0.1, 0.15) is 0 Å². The van der Waals surface area contributed by atoms with Crippen LogP contribution in [0.15, 0.2) is 54.6 Å². The van der Waals surface area contributed by atoms with Crippen molar-refractivity contribution >= 4 is 17.8 Å². The minimum absolute atomic E-state index is 0.152. The number of hydrogen-bond acceptors (Lipinski definition) is 3. The van der Waals surface area contributed by atoms with Crippen molar-refractivity contribution in [1.29, 1.82) is 0 Å². The summed E-state index contributed by atoms with van der Waals surface area (Å²) >= 11 is 0. The van der Waals surface area contributed by atoms with Gasteiger partial charge in [-0.15, -0.1) is 0 Å². The number of rotatable bonds is 7. The second-order valence-electron chi connectivity index (χ2n) is 7.00. The molecule has 1 atom stereocenters. The zero-order valence-electron chi connectivity index (χ0n) is 15.9. The van der Waals surface area contributed by atoms with Gasteiger partial charge in [-0.1, -0.05) is 49.4 Å². The zero-order chi connectivity index (χ0) is 20.1. The van der Waals surface area contributed by atoms with Gasteiger partial charge in [-0.25, -0.2) is 4.79 Å². The van der Waals surface area contributed by atoms with Crippen LogP contribution in [0.25, 0.3) is 0 Å². The van der Waals surface area contributed by atoms with E-state index in [9.17, 15) is 19.5 Å². The Bertz CT molecular complexity index is 864. The molecule has 6 heteroatoms. The van der Waals surface area contributed by atoms with Crippen LogP contribution < -0.4 is 5.32 Å². The van der Waals surface area contributed by atoms with Gasteiger partial charge in [-0.2, -0.15) is 0 Å². The molecule has 0 spiro atoms. The third-order valence-electron chi connectivity index (χ3n) is 5.25. The van der Waals surface area contributed by atoms with Gasteiger partial charge in [-0.05, 0) is 36.1 Å². The predicted octanol–water partition coefficient (Wildman–Crippen LogP) is 2.93. The summed E-state index contributed by atoms with van der Waals surface area (Å²) in [5.41, 5.74) is 0.364. The van der Waals surface area contributed by atoms with Crippen LogP contribution in [0.3, 0.4) is 0 Å². The van der Waals surface area contributed by atoms with E-state index < -0.39 is 17.4 Å². The highest BCUT2D eigenvalue weighted by molar-refractivity contribution is 5.98. The average molecular weight is 380 g/mol. The standard InChI is InChI=1S/C22H24N2O4/c1-2-22(21(27)28,18-7-4-3-5-8-18)23-20(26)17-12-10-16(11-13-17)15-24-14-6-9-19(24)25/h3-5,7-8,10-13H,2,6,9,14-15H2,1H3,(H,23,26)(H,27,28). The van der Waals surface area contributed by atoms with Crippen LogP contribution >= 0.6 is 0 Å². The summed E-state index contributed by atoms with van der Waals surface area (Å²) in [4.78, 5) is 38.4. The van der Waals surface area contributed by atoms with Crippen molar-refractivity contribution in [1.82, 2.24) is 10.2 Å². The smallest absolute Gasteiger partial charge is 0.334 e. The number of carboxylic acids is 1. The van der Waals surface area contributed by atoms with Crippen LogP contribution in [0.2, 0.25) is 0 Å². The molecule has 0 saturated carbocycles. The summed E-state index contributed by atoms with van der Waals surface area (Å²) in [5, 5.41) is 12.6. The molecular weight excluding hydrogens is 356 g/mol. The number of amides is 2. The highest BCUT2D eigenvalue weighted by Gasteiger charge is 2.40. The molecule has 1 fully saturated rings. The van der Waals surface area contributed by atoms with Crippen LogP contribution in [-0.2, 0) is 21.7 Å². The third kappa shape index (κ3) is 3.91. The molecule has 1 aliphatic heterocycles. The van der Waals surface area contributed by atoms with Crippen molar-refractivity contribution in [2.45, 2.75) is 38.3 Å². The summed E-state index contributed by atoms with van der Waals surface area (Å²) in [5.74, 6) is -1.39. The first-order chi connectivity index (χ1) is 13.5. The topological polar surface area (TPSA) is 86.7 Å². The van der Waals surface area contributed by atoms with E-state index in [1.54, 1.807) is 66.4 Å². The van der Waals surface area contributed by atoms with E-state index in [2.05, 4.69) is 5.32 Å². The molecule has 1 aliphatic rings. The van der Waals surface area contributed by atoms with Gasteiger partial charge < -0.3 is 15.3 Å². The lowest BCUT2D eigenvalue weighted by molar-refractivity contribution is -0.145. The molecule has 1 saturated heterocycles. The molecule has 6 nitrogen and oxygen atoms in total. The van der Waals surface area contributed by atoms with Gasteiger partial charge >= 0.3 is 5.97 Å². The quantitative estimate of drug-likeness (QED) is 0.773. The van der Waals surface area contributed by atoms with Crippen LogP contribution in [0.5, 0.6) is 0 Å². The Kier molecular flexibility index (Phi) is 5.78. The Morgan fingerprint density at radius 3 is 2.32 bits per heavy atom. The summed E-state index contributed by atoms with van der Waals surface area (Å²) in [6, 6.07) is 15.7. The first-order valence-electron chi connectivity index (χ1n) is 9.44. The Morgan fingerprint density at radius 2 is 1.79 bits per heavy atom. The van der Waals surface area contributed by atoms with Crippen LogP contribution in [0.4, 0.5) is 0 Å². The van der Waals surface area contributed by atoms with Crippen molar-refractivity contribution in [2.75, 3.05) is 6.54 Å². The molecule has 2 aromatic rings. The summed E-state index contributed by atoms with van der Waals surface area (Å²) in [7, 11) is 0. The van der Waals surface area contributed by atoms with E-state index in [4.69, 9.17) is 0 Å². The number of likely N-dealkylation sites (tertiary alicyclic amines) is 1. The van der Waals surface area contributed by atoms with E-state index in [-0.39, 0.29) is 12.3 Å². The predicted molar refractivity (Wildman–Crippen MR) is 105 cm³/mol. The van der Waals surface area contributed by atoms with Gasteiger partial charge in [-0.3, -0.25) is 9.59 Å². The Hall–Kier alpha value is -3.15. The number of nitrogens with zero attached hydrogens (tertiary/aromatic N) is 1. The Balaban J connectivity index is 1.77. The molecule has 146 valence electrons. The molecule has 1 heterocycles. The van der Waals surface area contributed by atoms with Gasteiger partial charge in [0.2, 0.25) is 5.91 Å². The molecule has 3 rings (SSSR count). The largest absolute Gasteiger partial charge is 0.479 e. The lowest BCUT2D eigenvalue weighted by atomic mass is 9.87. The number of nitrogens with one attached hydrogen (secondary N) is 1. The fourth-order valence-corrected chi connectivity index (χ4v) is 3.53. The summed E-state index contributed by atoms with van der Waals surface area (Å²) in [6.07, 6.45) is 1.69. The van der Waals surface area contributed by atoms with E-state index in [1.165, 1.54) is 0 Å². The van der Waals surface area contributed by atoms with Gasteiger partial charge in [0.25, 0.3) is 5.91 Å². The van der Waals surface area contributed by atoms with E-state index in [1.807, 2.05) is 0 Å². The number of benzene rings is 2. The highest BCUT2D eigenvalue weighted by Crippen LogP contribution is 2.26. The number of hydrogen-bond donors (Lipinski definition) is 2. The maximum absolute atomic E-state index is 12.8. The lowest BCUT2D eigenvalue weighted by Crippen LogP contribution is -2.51. The van der Waals surface area contributed by atoms with Crippen molar-refractivity contribution in [3.8, 4) is 0 Å². The highest BCUT2D eigenvalue weighted by atomic mass is 16.4. The molecule has 1 unspecified atom stereocenters. The summed E-state index contributed by atoms with van der Waals surface area (Å²) in [6.45, 7) is 3.02. The fraction of sp³-hybridized carbons (Fsp3) is 0.318. The van der Waals surface area contributed by atoms with Crippen molar-refractivity contribution < 1.29 is 19.5 Å². The fourth-order valence-electron chi connectivity index (χ4n) is 3.53. The first-order valence-corrected chi connectivity index (χ1v) is 9.44. The SMILES string of the molecule is CCC(NC(=O)c1ccc(CN2CCCC2=O)cc1)(C(=O)O)c1ccccc1. The maximum Gasteiger partial charge on any atom is 0.334 e. The lowest BCUT2D eigenvalue weighted by Gasteiger charge is -2.30. The first kappa shape index (κ1) is 19.6. The van der Waals surface area contributed by atoms with Crippen molar-refractivity contribution in [3.05, 3.63) is 71.3 Å². The second-order valence-corrected chi connectivity index (χ2v) is 7.00. The number of carbonyl (C=O) groups excluding carboxylic acids is 2. The molecule has 0 bridgehead atoms. The van der Waals surface area contributed by atoms with Gasteiger partial charge in [0.15, 0.2) is 5.54 Å². The molecule has 2 N–H and O–H groups in total. The molecule has 2 amide bonds. The van der Waals surface area contributed by atoms with Gasteiger partial charge in [0.05, 0.1) is 0 Å². The van der Waals surface area contributed by atoms with Crippen LogP contribution in [0, 0.1) is 0 Å². The van der Waals surface area contributed by atoms with Crippen molar-refractivity contribution in [3.63, 3.8) is 0 Å². The normalized spacial score (nSPS) is 15.9. The zero-order valence-corrected chi connectivity index (χ0v) is 15.9. The van der Waals surface area contributed by atoms with Crippen molar-refractivity contribution in [2.24, 2.45) is 0 Å². The van der Waals surface area contributed by atoms with E-state index in [0.717, 1.165) is 18.5 Å². The molecule has 0 aromatic heterocycles. The minimum atomic E-state index is -1.49. The van der Waals surface area contributed by atoms with E-state index >= 15 is 0 Å². The van der Waals surface area contributed by atoms with Crippen LogP contribution in [-0.4, -0.2) is 34.3 Å². The number of aliphatic carboxylic acids is 1. The maximum atomic E-state index is 12.8. The molecular formula is C22H24N2O4. The van der Waals surface area contributed by atoms with Crippen LogP contribution in [0.1, 0.15) is 47.7 Å².